The molecule has 0 bridgehead atoms. The van der Waals surface area contributed by atoms with Crippen molar-refractivity contribution in [3.05, 3.63) is 52.1 Å². The molecule has 0 fully saturated rings. The lowest BCUT2D eigenvalue weighted by Crippen LogP contribution is -2.09. The summed E-state index contributed by atoms with van der Waals surface area (Å²) in [6, 6.07) is 4.95. The summed E-state index contributed by atoms with van der Waals surface area (Å²) in [5, 5.41) is 10.7. The predicted molar refractivity (Wildman–Crippen MR) is 65.1 cm³/mol. The first-order chi connectivity index (χ1) is 9.49. The van der Waals surface area contributed by atoms with Gasteiger partial charge in [0.1, 0.15) is 5.75 Å². The van der Waals surface area contributed by atoms with Crippen LogP contribution in [0.2, 0.25) is 0 Å². The predicted octanol–water partition coefficient (Wildman–Crippen LogP) is 2.35. The standard InChI is InChI=1S/C11H8F2N4O3/c12-8-2-1-7(5-9(8)13)20-11-4-6(17(18)19)3-10(15-11)16-14/h1-5H,14H2,(H,15,16). The van der Waals surface area contributed by atoms with E-state index in [-0.39, 0.29) is 23.1 Å². The fraction of sp³-hybridized carbons (Fsp3) is 0. The van der Waals surface area contributed by atoms with Crippen LogP contribution in [0.1, 0.15) is 0 Å². The molecule has 0 radical (unpaired) electrons. The number of rotatable bonds is 4. The molecule has 9 heteroatoms. The van der Waals surface area contributed by atoms with Crippen molar-refractivity contribution >= 4 is 11.5 Å². The molecule has 0 aliphatic carbocycles. The summed E-state index contributed by atoms with van der Waals surface area (Å²) in [5.74, 6) is 2.74. The molecular weight excluding hydrogens is 274 g/mol. The van der Waals surface area contributed by atoms with Crippen molar-refractivity contribution in [2.45, 2.75) is 0 Å². The highest BCUT2D eigenvalue weighted by atomic mass is 19.2. The highest BCUT2D eigenvalue weighted by Gasteiger charge is 2.13. The Kier molecular flexibility index (Phi) is 3.71. The molecule has 0 amide bonds. The number of benzene rings is 1. The van der Waals surface area contributed by atoms with E-state index in [1.54, 1.807) is 0 Å². The topological polar surface area (TPSA) is 103 Å². The van der Waals surface area contributed by atoms with Crippen LogP contribution in [0.25, 0.3) is 0 Å². The van der Waals surface area contributed by atoms with Gasteiger partial charge < -0.3 is 10.2 Å². The van der Waals surface area contributed by atoms with Crippen molar-refractivity contribution in [3.8, 4) is 11.6 Å². The van der Waals surface area contributed by atoms with Gasteiger partial charge in [-0.2, -0.15) is 4.98 Å². The maximum absolute atomic E-state index is 13.0. The number of ether oxygens (including phenoxy) is 1. The third-order valence-electron chi connectivity index (χ3n) is 2.26. The zero-order valence-electron chi connectivity index (χ0n) is 9.84. The molecule has 0 spiro atoms. The Balaban J connectivity index is 2.34. The quantitative estimate of drug-likeness (QED) is 0.507. The number of nitrogen functional groups attached to an aromatic ring is 1. The molecule has 2 aromatic rings. The summed E-state index contributed by atoms with van der Waals surface area (Å²) in [6.07, 6.45) is 0. The Morgan fingerprint density at radius 3 is 2.60 bits per heavy atom. The van der Waals surface area contributed by atoms with Crippen LogP contribution < -0.4 is 16.0 Å². The van der Waals surface area contributed by atoms with Gasteiger partial charge in [0.2, 0.25) is 5.88 Å². The van der Waals surface area contributed by atoms with Crippen molar-refractivity contribution in [2.24, 2.45) is 5.84 Å². The number of hydrogen-bond donors (Lipinski definition) is 2. The van der Waals surface area contributed by atoms with Gasteiger partial charge in [-0.1, -0.05) is 0 Å². The van der Waals surface area contributed by atoms with Gasteiger partial charge in [0.05, 0.1) is 17.1 Å². The summed E-state index contributed by atoms with van der Waals surface area (Å²) in [5.41, 5.74) is 1.82. The molecule has 0 aliphatic rings. The molecule has 104 valence electrons. The lowest BCUT2D eigenvalue weighted by molar-refractivity contribution is -0.384. The van der Waals surface area contributed by atoms with E-state index < -0.39 is 16.6 Å². The van der Waals surface area contributed by atoms with E-state index in [9.17, 15) is 18.9 Å². The average Bonchev–Trinajstić information content (AvgIpc) is 2.42. The average molecular weight is 282 g/mol. The van der Waals surface area contributed by atoms with Crippen LogP contribution in [0.3, 0.4) is 0 Å². The van der Waals surface area contributed by atoms with Crippen LogP contribution >= 0.6 is 0 Å². The Morgan fingerprint density at radius 2 is 2.00 bits per heavy atom. The van der Waals surface area contributed by atoms with Crippen LogP contribution in [0, 0.1) is 21.7 Å². The molecule has 2 rings (SSSR count). The van der Waals surface area contributed by atoms with Gasteiger partial charge in [0.25, 0.3) is 5.69 Å². The first-order valence-electron chi connectivity index (χ1n) is 5.25. The van der Waals surface area contributed by atoms with E-state index in [2.05, 4.69) is 10.4 Å². The second-order valence-electron chi connectivity index (χ2n) is 3.63. The van der Waals surface area contributed by atoms with Gasteiger partial charge in [-0.15, -0.1) is 0 Å². The fourth-order valence-electron chi connectivity index (χ4n) is 1.38. The van der Waals surface area contributed by atoms with E-state index >= 15 is 0 Å². The highest BCUT2D eigenvalue weighted by molar-refractivity contribution is 5.48. The molecule has 20 heavy (non-hydrogen) atoms. The first-order valence-corrected chi connectivity index (χ1v) is 5.25. The van der Waals surface area contributed by atoms with Crippen molar-refractivity contribution in [1.29, 1.82) is 0 Å². The Labute approximate surface area is 111 Å². The molecule has 3 N–H and O–H groups in total. The molecule has 0 aliphatic heterocycles. The lowest BCUT2D eigenvalue weighted by atomic mass is 10.3. The number of halogens is 2. The van der Waals surface area contributed by atoms with Gasteiger partial charge in [-0.25, -0.2) is 14.6 Å². The molecule has 1 aromatic carbocycles. The molecule has 1 heterocycles. The number of nitrogens with two attached hydrogens (primary N) is 1. The Morgan fingerprint density at radius 1 is 1.25 bits per heavy atom. The van der Waals surface area contributed by atoms with Crippen LogP contribution in [0.5, 0.6) is 11.6 Å². The molecule has 0 unspecified atom stereocenters. The third-order valence-corrected chi connectivity index (χ3v) is 2.26. The second kappa shape index (κ2) is 5.45. The van der Waals surface area contributed by atoms with E-state index in [4.69, 9.17) is 10.6 Å². The van der Waals surface area contributed by atoms with Gasteiger partial charge in [0.15, 0.2) is 17.5 Å². The molecule has 0 saturated heterocycles. The second-order valence-corrected chi connectivity index (χ2v) is 3.63. The normalized spacial score (nSPS) is 10.2. The first kappa shape index (κ1) is 13.6. The number of nitro groups is 1. The molecule has 0 atom stereocenters. The maximum Gasteiger partial charge on any atom is 0.278 e. The number of pyridine rings is 1. The zero-order chi connectivity index (χ0) is 14.7. The summed E-state index contributed by atoms with van der Waals surface area (Å²) >= 11 is 0. The van der Waals surface area contributed by atoms with Crippen LogP contribution in [-0.4, -0.2) is 9.91 Å². The summed E-state index contributed by atoms with van der Waals surface area (Å²) in [7, 11) is 0. The fourth-order valence-corrected chi connectivity index (χ4v) is 1.38. The molecule has 1 aromatic heterocycles. The minimum Gasteiger partial charge on any atom is -0.439 e. The number of aromatic nitrogens is 1. The number of nitrogens with one attached hydrogen (secondary N) is 1. The molecular formula is C11H8F2N4O3. The summed E-state index contributed by atoms with van der Waals surface area (Å²) in [4.78, 5) is 13.9. The summed E-state index contributed by atoms with van der Waals surface area (Å²) in [6.45, 7) is 0. The van der Waals surface area contributed by atoms with Gasteiger partial charge >= 0.3 is 0 Å². The van der Waals surface area contributed by atoms with Gasteiger partial charge in [-0.05, 0) is 12.1 Å². The van der Waals surface area contributed by atoms with E-state index in [1.807, 2.05) is 0 Å². The number of hydrogen-bond acceptors (Lipinski definition) is 6. The largest absolute Gasteiger partial charge is 0.439 e. The summed E-state index contributed by atoms with van der Waals surface area (Å²) < 4.78 is 30.9. The monoisotopic (exact) mass is 282 g/mol. The van der Waals surface area contributed by atoms with E-state index in [1.165, 1.54) is 0 Å². The number of hydrazine groups is 1. The Bertz CT molecular complexity index is 666. The molecule has 0 saturated carbocycles. The van der Waals surface area contributed by atoms with Crippen molar-refractivity contribution in [1.82, 2.24) is 4.98 Å². The van der Waals surface area contributed by atoms with Crippen LogP contribution in [-0.2, 0) is 0 Å². The Hall–Kier alpha value is -2.81. The molecule has 7 nitrogen and oxygen atoms in total. The van der Waals surface area contributed by atoms with Gasteiger partial charge in [0, 0.05) is 6.07 Å². The number of anilines is 1. The number of nitrogens with zero attached hydrogens (tertiary/aromatic N) is 2. The van der Waals surface area contributed by atoms with E-state index in [0.29, 0.717) is 0 Å². The highest BCUT2D eigenvalue weighted by Crippen LogP contribution is 2.26. The SMILES string of the molecule is NNc1cc([N+](=O)[O-])cc(Oc2ccc(F)c(F)c2)n1. The van der Waals surface area contributed by atoms with Crippen molar-refractivity contribution in [3.63, 3.8) is 0 Å². The van der Waals surface area contributed by atoms with Gasteiger partial charge in [-0.3, -0.25) is 10.1 Å². The van der Waals surface area contributed by atoms with Crippen molar-refractivity contribution < 1.29 is 18.4 Å². The maximum atomic E-state index is 13.0. The van der Waals surface area contributed by atoms with Crippen molar-refractivity contribution in [2.75, 3.05) is 5.43 Å². The zero-order valence-corrected chi connectivity index (χ0v) is 9.84. The van der Waals surface area contributed by atoms with Crippen LogP contribution in [0.4, 0.5) is 20.3 Å². The minimum atomic E-state index is -1.11. The van der Waals surface area contributed by atoms with E-state index in [0.717, 1.165) is 30.3 Å². The lowest BCUT2D eigenvalue weighted by Gasteiger charge is -2.07. The third kappa shape index (κ3) is 2.95. The minimum absolute atomic E-state index is 0.00298. The van der Waals surface area contributed by atoms with Crippen LogP contribution in [0.15, 0.2) is 30.3 Å². The smallest absolute Gasteiger partial charge is 0.278 e.